The number of benzene rings is 1. The lowest BCUT2D eigenvalue weighted by Crippen LogP contribution is -2.45. The quantitative estimate of drug-likeness (QED) is 0.551. The molecule has 1 atom stereocenters. The third-order valence-electron chi connectivity index (χ3n) is 6.24. The summed E-state index contributed by atoms with van der Waals surface area (Å²) in [6.45, 7) is 5.17. The molecule has 3 rings (SSSR count). The molecule has 1 aromatic rings. The number of hydrogen-bond donors (Lipinski definition) is 4. The van der Waals surface area contributed by atoms with Crippen LogP contribution >= 0.6 is 0 Å². The minimum Gasteiger partial charge on any atom is -0.353 e. The minimum atomic E-state index is -0.191. The van der Waals surface area contributed by atoms with E-state index in [4.69, 9.17) is 0 Å². The Morgan fingerprint density at radius 2 is 1.55 bits per heavy atom. The summed E-state index contributed by atoms with van der Waals surface area (Å²) in [6, 6.07) is 7.18. The molecule has 2 fully saturated rings. The Kier molecular flexibility index (Phi) is 8.14. The number of hydrogen-bond acceptors (Lipinski definition) is 3. The van der Waals surface area contributed by atoms with Crippen LogP contribution in [0.1, 0.15) is 58.8 Å². The number of nitrogens with one attached hydrogen (secondary N) is 4. The van der Waals surface area contributed by atoms with E-state index in [0.717, 1.165) is 19.3 Å². The van der Waals surface area contributed by atoms with Crippen LogP contribution in [0.3, 0.4) is 0 Å². The summed E-state index contributed by atoms with van der Waals surface area (Å²) in [6.07, 6.45) is 6.68. The van der Waals surface area contributed by atoms with E-state index in [2.05, 4.69) is 21.3 Å². The van der Waals surface area contributed by atoms with Gasteiger partial charge in [0.25, 0.3) is 0 Å². The maximum Gasteiger partial charge on any atom is 0.321 e. The molecule has 0 bridgehead atoms. The molecule has 4 N–H and O–H groups in total. The zero-order valence-electron chi connectivity index (χ0n) is 18.6. The molecule has 1 aliphatic heterocycles. The van der Waals surface area contributed by atoms with Gasteiger partial charge in [-0.15, -0.1) is 0 Å². The number of piperidine rings is 1. The zero-order valence-corrected chi connectivity index (χ0v) is 18.6. The van der Waals surface area contributed by atoms with E-state index in [1.807, 2.05) is 13.8 Å². The van der Waals surface area contributed by atoms with Crippen LogP contribution in [-0.4, -0.2) is 48.0 Å². The molecule has 5 amide bonds. The second-order valence-electron chi connectivity index (χ2n) is 8.67. The van der Waals surface area contributed by atoms with E-state index in [9.17, 15) is 14.4 Å². The fourth-order valence-electron chi connectivity index (χ4n) is 4.07. The van der Waals surface area contributed by atoms with Crippen LogP contribution in [0.25, 0.3) is 0 Å². The fourth-order valence-corrected chi connectivity index (χ4v) is 4.07. The van der Waals surface area contributed by atoms with Gasteiger partial charge in [-0.1, -0.05) is 19.8 Å². The summed E-state index contributed by atoms with van der Waals surface area (Å²) < 4.78 is 0. The number of likely N-dealkylation sites (tertiary alicyclic amines) is 1. The van der Waals surface area contributed by atoms with Crippen LogP contribution in [0.5, 0.6) is 0 Å². The summed E-state index contributed by atoms with van der Waals surface area (Å²) in [4.78, 5) is 38.6. The molecule has 0 unspecified atom stereocenters. The molecule has 8 nitrogen and oxygen atoms in total. The Hall–Kier alpha value is -2.77. The molecule has 1 aromatic carbocycles. The van der Waals surface area contributed by atoms with E-state index in [1.54, 1.807) is 29.2 Å². The Bertz CT molecular complexity index is 753. The van der Waals surface area contributed by atoms with Crippen LogP contribution in [0.15, 0.2) is 24.3 Å². The minimum absolute atomic E-state index is 0.0289. The molecular weight excluding hydrogens is 394 g/mol. The first kappa shape index (κ1) is 22.9. The third kappa shape index (κ3) is 6.87. The normalized spacial score (nSPS) is 18.3. The maximum atomic E-state index is 12.6. The number of anilines is 2. The molecule has 1 heterocycles. The van der Waals surface area contributed by atoms with Crippen LogP contribution in [0.4, 0.5) is 21.0 Å². The molecule has 1 saturated carbocycles. The first-order valence-electron chi connectivity index (χ1n) is 11.5. The van der Waals surface area contributed by atoms with Crippen molar-refractivity contribution in [1.29, 1.82) is 0 Å². The second kappa shape index (κ2) is 11.0. The van der Waals surface area contributed by atoms with Crippen LogP contribution in [0, 0.1) is 5.92 Å². The zero-order chi connectivity index (χ0) is 22.2. The molecule has 1 saturated heterocycles. The molecule has 2 aliphatic rings. The summed E-state index contributed by atoms with van der Waals surface area (Å²) in [5.41, 5.74) is 1.35. The molecule has 1 aliphatic carbocycles. The first-order valence-corrected chi connectivity index (χ1v) is 11.5. The van der Waals surface area contributed by atoms with Gasteiger partial charge in [-0.05, 0) is 63.3 Å². The molecule has 0 aromatic heterocycles. The van der Waals surface area contributed by atoms with Crippen LogP contribution < -0.4 is 21.3 Å². The number of urea groups is 2. The molecule has 31 heavy (non-hydrogen) atoms. The molecule has 8 heteroatoms. The maximum absolute atomic E-state index is 12.6. The molecule has 0 radical (unpaired) electrons. The van der Waals surface area contributed by atoms with Crippen molar-refractivity contribution in [2.45, 2.75) is 70.9 Å². The Labute approximate surface area is 184 Å². The predicted octanol–water partition coefficient (Wildman–Crippen LogP) is 3.91. The Morgan fingerprint density at radius 3 is 2.13 bits per heavy atom. The van der Waals surface area contributed by atoms with Crippen molar-refractivity contribution < 1.29 is 14.4 Å². The van der Waals surface area contributed by atoms with E-state index in [0.29, 0.717) is 37.3 Å². The Balaban J connectivity index is 1.41. The van der Waals surface area contributed by atoms with Gasteiger partial charge in [0.05, 0.1) is 0 Å². The number of nitrogens with zero attached hydrogens (tertiary/aromatic N) is 1. The van der Waals surface area contributed by atoms with Crippen molar-refractivity contribution in [2.75, 3.05) is 23.7 Å². The van der Waals surface area contributed by atoms with E-state index in [-0.39, 0.29) is 36.0 Å². The smallest absolute Gasteiger partial charge is 0.321 e. The summed E-state index contributed by atoms with van der Waals surface area (Å²) >= 11 is 0. The predicted molar refractivity (Wildman–Crippen MR) is 122 cm³/mol. The highest BCUT2D eigenvalue weighted by Crippen LogP contribution is 2.20. The van der Waals surface area contributed by atoms with Crippen molar-refractivity contribution in [3.05, 3.63) is 24.3 Å². The SMILES string of the molecule is CC[C@@H](C)NC(=O)C1CCN(C(=O)Nc2ccc(NC(=O)NC3CCCC3)cc2)CC1. The van der Waals surface area contributed by atoms with E-state index >= 15 is 0 Å². The van der Waals surface area contributed by atoms with Gasteiger partial charge < -0.3 is 26.2 Å². The lowest BCUT2D eigenvalue weighted by atomic mass is 9.95. The van der Waals surface area contributed by atoms with Gasteiger partial charge >= 0.3 is 12.1 Å². The van der Waals surface area contributed by atoms with Gasteiger partial charge in [-0.25, -0.2) is 9.59 Å². The number of rotatable bonds is 6. The highest BCUT2D eigenvalue weighted by molar-refractivity contribution is 5.92. The summed E-state index contributed by atoms with van der Waals surface area (Å²) in [7, 11) is 0. The van der Waals surface area contributed by atoms with Gasteiger partial charge in [0.1, 0.15) is 0 Å². The van der Waals surface area contributed by atoms with Crippen molar-refractivity contribution >= 4 is 29.3 Å². The number of carbonyl (C=O) groups is 3. The lowest BCUT2D eigenvalue weighted by Gasteiger charge is -2.31. The van der Waals surface area contributed by atoms with Gasteiger partial charge in [0, 0.05) is 42.5 Å². The average Bonchev–Trinajstić information content (AvgIpc) is 3.28. The third-order valence-corrected chi connectivity index (χ3v) is 6.24. The second-order valence-corrected chi connectivity index (χ2v) is 8.67. The van der Waals surface area contributed by atoms with Crippen LogP contribution in [0.2, 0.25) is 0 Å². The van der Waals surface area contributed by atoms with E-state index in [1.165, 1.54) is 12.8 Å². The molecular formula is C23H35N5O3. The van der Waals surface area contributed by atoms with Gasteiger partial charge in [-0.2, -0.15) is 0 Å². The van der Waals surface area contributed by atoms with Gasteiger partial charge in [0.15, 0.2) is 0 Å². The van der Waals surface area contributed by atoms with Crippen molar-refractivity contribution in [3.63, 3.8) is 0 Å². The average molecular weight is 430 g/mol. The lowest BCUT2D eigenvalue weighted by molar-refractivity contribution is -0.126. The van der Waals surface area contributed by atoms with Gasteiger partial charge in [0.2, 0.25) is 5.91 Å². The van der Waals surface area contributed by atoms with Crippen molar-refractivity contribution in [2.24, 2.45) is 5.92 Å². The monoisotopic (exact) mass is 429 g/mol. The van der Waals surface area contributed by atoms with Crippen molar-refractivity contribution in [3.8, 4) is 0 Å². The Morgan fingerprint density at radius 1 is 0.968 bits per heavy atom. The standard InChI is InChI=1S/C23H35N5O3/c1-3-16(2)24-21(29)17-12-14-28(15-13-17)23(31)27-20-10-8-19(9-11-20)26-22(30)25-18-6-4-5-7-18/h8-11,16-18H,3-7,12-15H2,1-2H3,(H,24,29)(H,27,31)(H2,25,26,30)/t16-/m1/s1. The van der Waals surface area contributed by atoms with Crippen LogP contribution in [-0.2, 0) is 4.79 Å². The fraction of sp³-hybridized carbons (Fsp3) is 0.609. The number of carbonyl (C=O) groups excluding carboxylic acids is 3. The largest absolute Gasteiger partial charge is 0.353 e. The molecule has 0 spiro atoms. The highest BCUT2D eigenvalue weighted by Gasteiger charge is 2.27. The molecule has 170 valence electrons. The topological polar surface area (TPSA) is 103 Å². The summed E-state index contributed by atoms with van der Waals surface area (Å²) in [5.74, 6) is 0.0632. The summed E-state index contributed by atoms with van der Waals surface area (Å²) in [5, 5.41) is 11.7. The van der Waals surface area contributed by atoms with Crippen molar-refractivity contribution in [1.82, 2.24) is 15.5 Å². The van der Waals surface area contributed by atoms with Gasteiger partial charge in [-0.3, -0.25) is 4.79 Å². The number of amides is 5. The first-order chi connectivity index (χ1) is 14.9. The highest BCUT2D eigenvalue weighted by atomic mass is 16.2. The van der Waals surface area contributed by atoms with E-state index < -0.39 is 0 Å².